The predicted octanol–water partition coefficient (Wildman–Crippen LogP) is 4.78. The van der Waals surface area contributed by atoms with E-state index in [2.05, 4.69) is 31.4 Å². The molecule has 0 atom stereocenters. The molecule has 0 unspecified atom stereocenters. The maximum atomic E-state index is 11.8. The molecule has 0 saturated heterocycles. The molecule has 0 aliphatic heterocycles. The summed E-state index contributed by atoms with van der Waals surface area (Å²) in [6, 6.07) is 8.03. The van der Waals surface area contributed by atoms with Crippen LogP contribution < -0.4 is 10.6 Å². The number of esters is 1. The molecule has 0 radical (unpaired) electrons. The summed E-state index contributed by atoms with van der Waals surface area (Å²) in [6.45, 7) is 9.43. The lowest BCUT2D eigenvalue weighted by atomic mass is 9.95. The summed E-state index contributed by atoms with van der Waals surface area (Å²) in [5.74, 6) is 0.680. The van der Waals surface area contributed by atoms with Crippen molar-refractivity contribution < 1.29 is 9.53 Å². The van der Waals surface area contributed by atoms with Gasteiger partial charge in [0.15, 0.2) is 0 Å². The SMILES string of the molecule is CCOC(=O)c1ccc(NC(CCNC2CCCCC2)=NC(C)(C)C)cc1. The molecule has 1 saturated carbocycles. The highest BCUT2D eigenvalue weighted by Gasteiger charge is 2.14. The van der Waals surface area contributed by atoms with Crippen LogP contribution in [-0.4, -0.2) is 36.5 Å². The van der Waals surface area contributed by atoms with E-state index >= 15 is 0 Å². The molecule has 2 rings (SSSR count). The zero-order valence-corrected chi connectivity index (χ0v) is 17.3. The molecule has 1 aromatic rings. The molecule has 2 N–H and O–H groups in total. The van der Waals surface area contributed by atoms with Gasteiger partial charge in [-0.3, -0.25) is 4.99 Å². The quantitative estimate of drug-likeness (QED) is 0.410. The first-order chi connectivity index (χ1) is 12.9. The molecular weight excluding hydrogens is 338 g/mol. The van der Waals surface area contributed by atoms with Crippen molar-refractivity contribution >= 4 is 17.5 Å². The minimum Gasteiger partial charge on any atom is -0.462 e. The third-order valence-electron chi connectivity index (χ3n) is 4.56. The average Bonchev–Trinajstić information content (AvgIpc) is 2.62. The van der Waals surface area contributed by atoms with Gasteiger partial charge in [-0.15, -0.1) is 0 Å². The Labute approximate surface area is 164 Å². The van der Waals surface area contributed by atoms with E-state index in [1.807, 2.05) is 19.1 Å². The average molecular weight is 374 g/mol. The highest BCUT2D eigenvalue weighted by atomic mass is 16.5. The van der Waals surface area contributed by atoms with Gasteiger partial charge in [-0.1, -0.05) is 19.3 Å². The van der Waals surface area contributed by atoms with Crippen LogP contribution >= 0.6 is 0 Å². The molecule has 0 aromatic heterocycles. The molecule has 0 bridgehead atoms. The normalized spacial score (nSPS) is 16.2. The molecule has 0 amide bonds. The molecule has 27 heavy (non-hydrogen) atoms. The molecule has 1 fully saturated rings. The third-order valence-corrected chi connectivity index (χ3v) is 4.56. The summed E-state index contributed by atoms with van der Waals surface area (Å²) in [6.07, 6.45) is 7.48. The van der Waals surface area contributed by atoms with E-state index in [9.17, 15) is 4.79 Å². The zero-order chi connectivity index (χ0) is 19.7. The predicted molar refractivity (Wildman–Crippen MR) is 113 cm³/mol. The number of aliphatic imine (C=N–C) groups is 1. The fourth-order valence-corrected chi connectivity index (χ4v) is 3.32. The molecule has 1 aromatic carbocycles. The van der Waals surface area contributed by atoms with Gasteiger partial charge in [-0.05, 0) is 64.8 Å². The molecule has 1 aliphatic carbocycles. The van der Waals surface area contributed by atoms with Crippen molar-refractivity contribution in [2.75, 3.05) is 18.5 Å². The minimum absolute atomic E-state index is 0.141. The van der Waals surface area contributed by atoms with Gasteiger partial charge in [0.05, 0.1) is 17.7 Å². The largest absolute Gasteiger partial charge is 0.462 e. The second-order valence-corrected chi connectivity index (χ2v) is 8.19. The first-order valence-electron chi connectivity index (χ1n) is 10.2. The number of carbonyl (C=O) groups excluding carboxylic acids is 1. The fourth-order valence-electron chi connectivity index (χ4n) is 3.32. The molecule has 0 spiro atoms. The van der Waals surface area contributed by atoms with Crippen LogP contribution in [0.15, 0.2) is 29.3 Å². The Hall–Kier alpha value is -1.88. The summed E-state index contributed by atoms with van der Waals surface area (Å²) in [7, 11) is 0. The molecule has 5 nitrogen and oxygen atoms in total. The van der Waals surface area contributed by atoms with Crippen LogP contribution in [0.1, 0.15) is 76.6 Å². The van der Waals surface area contributed by atoms with Crippen molar-refractivity contribution in [2.45, 2.75) is 77.8 Å². The Morgan fingerprint density at radius 1 is 1.15 bits per heavy atom. The smallest absolute Gasteiger partial charge is 0.338 e. The maximum absolute atomic E-state index is 11.8. The van der Waals surface area contributed by atoms with Crippen molar-refractivity contribution in [1.29, 1.82) is 0 Å². The Morgan fingerprint density at radius 2 is 1.81 bits per heavy atom. The van der Waals surface area contributed by atoms with Crippen LogP contribution in [0, 0.1) is 0 Å². The summed E-state index contributed by atoms with van der Waals surface area (Å²) in [5, 5.41) is 7.11. The van der Waals surface area contributed by atoms with E-state index in [1.54, 1.807) is 12.1 Å². The van der Waals surface area contributed by atoms with Gasteiger partial charge < -0.3 is 15.4 Å². The molecule has 0 heterocycles. The fraction of sp³-hybridized carbons (Fsp3) is 0.636. The van der Waals surface area contributed by atoms with E-state index in [0.717, 1.165) is 24.5 Å². The Morgan fingerprint density at radius 3 is 2.41 bits per heavy atom. The van der Waals surface area contributed by atoms with Crippen LogP contribution in [0.5, 0.6) is 0 Å². The van der Waals surface area contributed by atoms with Gasteiger partial charge in [0.2, 0.25) is 0 Å². The molecule has 5 heteroatoms. The van der Waals surface area contributed by atoms with E-state index in [4.69, 9.17) is 9.73 Å². The van der Waals surface area contributed by atoms with Crippen LogP contribution in [0.3, 0.4) is 0 Å². The van der Waals surface area contributed by atoms with E-state index < -0.39 is 0 Å². The Kier molecular flexibility index (Phi) is 8.29. The monoisotopic (exact) mass is 373 g/mol. The lowest BCUT2D eigenvalue weighted by Crippen LogP contribution is -2.34. The maximum Gasteiger partial charge on any atom is 0.338 e. The molecule has 1 aliphatic rings. The van der Waals surface area contributed by atoms with Crippen molar-refractivity contribution in [1.82, 2.24) is 5.32 Å². The first-order valence-corrected chi connectivity index (χ1v) is 10.2. The third kappa shape index (κ3) is 8.12. The number of ether oxygens (including phenoxy) is 1. The van der Waals surface area contributed by atoms with Gasteiger partial charge >= 0.3 is 5.97 Å². The van der Waals surface area contributed by atoms with Crippen molar-refractivity contribution in [2.24, 2.45) is 4.99 Å². The second kappa shape index (κ2) is 10.5. The second-order valence-electron chi connectivity index (χ2n) is 8.19. The standard InChI is InChI=1S/C22H35N3O2/c1-5-27-21(26)17-11-13-19(14-12-17)24-20(25-22(2,3)4)15-16-23-18-9-7-6-8-10-18/h11-14,18,23H,5-10,15-16H2,1-4H3,(H,24,25). The van der Waals surface area contributed by atoms with Crippen molar-refractivity contribution in [3.05, 3.63) is 29.8 Å². The zero-order valence-electron chi connectivity index (χ0n) is 17.3. The van der Waals surface area contributed by atoms with Gasteiger partial charge in [0, 0.05) is 24.7 Å². The van der Waals surface area contributed by atoms with Gasteiger partial charge in [0.25, 0.3) is 0 Å². The van der Waals surface area contributed by atoms with Crippen molar-refractivity contribution in [3.8, 4) is 0 Å². The lowest BCUT2D eigenvalue weighted by molar-refractivity contribution is 0.0526. The first kappa shape index (κ1) is 21.4. The molecular formula is C22H35N3O2. The van der Waals surface area contributed by atoms with Crippen molar-refractivity contribution in [3.63, 3.8) is 0 Å². The Bertz CT molecular complexity index is 611. The lowest BCUT2D eigenvalue weighted by Gasteiger charge is -2.23. The number of nitrogens with one attached hydrogen (secondary N) is 2. The van der Waals surface area contributed by atoms with Gasteiger partial charge in [-0.2, -0.15) is 0 Å². The highest BCUT2D eigenvalue weighted by Crippen LogP contribution is 2.18. The number of nitrogens with zero attached hydrogens (tertiary/aromatic N) is 1. The van der Waals surface area contributed by atoms with Gasteiger partial charge in [-0.25, -0.2) is 4.79 Å². The van der Waals surface area contributed by atoms with E-state index in [1.165, 1.54) is 32.1 Å². The minimum atomic E-state index is -0.288. The molecule has 150 valence electrons. The van der Waals surface area contributed by atoms with E-state index in [0.29, 0.717) is 18.2 Å². The number of carbonyl (C=O) groups is 1. The number of amidine groups is 1. The summed E-state index contributed by atoms with van der Waals surface area (Å²) < 4.78 is 5.03. The van der Waals surface area contributed by atoms with Gasteiger partial charge in [0.1, 0.15) is 5.84 Å². The summed E-state index contributed by atoms with van der Waals surface area (Å²) in [4.78, 5) is 16.6. The van der Waals surface area contributed by atoms with Crippen LogP contribution in [0.2, 0.25) is 0 Å². The topological polar surface area (TPSA) is 62.7 Å². The van der Waals surface area contributed by atoms with E-state index in [-0.39, 0.29) is 11.5 Å². The number of benzene rings is 1. The number of hydrogen-bond donors (Lipinski definition) is 2. The van der Waals surface area contributed by atoms with Crippen LogP contribution in [0.4, 0.5) is 5.69 Å². The highest BCUT2D eigenvalue weighted by molar-refractivity contribution is 5.96. The summed E-state index contributed by atoms with van der Waals surface area (Å²) >= 11 is 0. The number of anilines is 1. The van der Waals surface area contributed by atoms with Crippen LogP contribution in [0.25, 0.3) is 0 Å². The van der Waals surface area contributed by atoms with Crippen LogP contribution in [-0.2, 0) is 4.74 Å². The summed E-state index contributed by atoms with van der Waals surface area (Å²) in [5.41, 5.74) is 1.36. The Balaban J connectivity index is 1.95. The number of rotatable bonds is 7. The number of hydrogen-bond acceptors (Lipinski definition) is 4.